The third-order valence-corrected chi connectivity index (χ3v) is 7.87. The van der Waals surface area contributed by atoms with Crippen LogP contribution in [0.25, 0.3) is 5.70 Å². The van der Waals surface area contributed by atoms with Gasteiger partial charge in [0.25, 0.3) is 0 Å². The van der Waals surface area contributed by atoms with E-state index in [0.29, 0.717) is 40.0 Å². The highest BCUT2D eigenvalue weighted by atomic mass is 32.2. The Balaban J connectivity index is 1.59. The molecule has 0 aromatic heterocycles. The molecule has 0 radical (unpaired) electrons. The van der Waals surface area contributed by atoms with Crippen molar-refractivity contribution < 1.29 is 28.5 Å². The summed E-state index contributed by atoms with van der Waals surface area (Å²) >= 11 is 1.42. The number of nitrogens with zero attached hydrogens (tertiary/aromatic N) is 2. The largest absolute Gasteiger partial charge is 0.497 e. The molecule has 1 amide bonds. The Bertz CT molecular complexity index is 1350. The molecule has 40 heavy (non-hydrogen) atoms. The number of nitrogens with one attached hydrogen (secondary N) is 1. The first kappa shape index (κ1) is 27.8. The van der Waals surface area contributed by atoms with E-state index in [4.69, 9.17) is 23.9 Å². The Morgan fingerprint density at radius 1 is 1.15 bits per heavy atom. The number of hydrogen-bond acceptors (Lipinski definition) is 9. The van der Waals surface area contributed by atoms with Gasteiger partial charge in [0.1, 0.15) is 11.5 Å². The quantitative estimate of drug-likeness (QED) is 0.417. The fourth-order valence-corrected chi connectivity index (χ4v) is 6.01. The molecule has 0 aliphatic carbocycles. The number of ether oxygens (including phenoxy) is 4. The summed E-state index contributed by atoms with van der Waals surface area (Å²) in [4.78, 5) is 33.7. The SMILES string of the molecule is CCOC(=O)C1=C(c2ccccc2)N=C2SC=C(CC(=O)NC[C@H]3CCCO3)N2[C@@H]1c1cc(OC)ccc1OC. The van der Waals surface area contributed by atoms with Crippen molar-refractivity contribution in [3.8, 4) is 11.5 Å². The number of carbonyl (C=O) groups is 2. The normalized spacial score (nSPS) is 20.0. The van der Waals surface area contributed by atoms with Crippen molar-refractivity contribution in [1.29, 1.82) is 0 Å². The number of esters is 1. The fraction of sp³-hybridized carbons (Fsp3) is 0.367. The predicted molar refractivity (Wildman–Crippen MR) is 154 cm³/mol. The molecule has 3 heterocycles. The number of thioether (sulfide) groups is 1. The predicted octanol–water partition coefficient (Wildman–Crippen LogP) is 4.66. The Morgan fingerprint density at radius 3 is 2.67 bits per heavy atom. The first-order valence-electron chi connectivity index (χ1n) is 13.3. The standard InChI is InChI=1S/C30H33N3O6S/c1-4-38-29(35)26-27(19-9-6-5-7-10-19)32-30-33(28(26)23-16-21(36-2)12-13-24(23)37-3)20(18-40-30)15-25(34)31-17-22-11-8-14-39-22/h5-7,9-10,12-13,16,18,22,28H,4,8,11,14-15,17H2,1-3H3,(H,31,34)/t22-,28-/m1/s1. The maximum Gasteiger partial charge on any atom is 0.338 e. The monoisotopic (exact) mass is 563 g/mol. The molecule has 2 aromatic rings. The van der Waals surface area contributed by atoms with Crippen LogP contribution in [-0.4, -0.2) is 62.0 Å². The average molecular weight is 564 g/mol. The molecule has 210 valence electrons. The highest BCUT2D eigenvalue weighted by molar-refractivity contribution is 8.16. The van der Waals surface area contributed by atoms with Crippen molar-refractivity contribution in [2.45, 2.75) is 38.3 Å². The van der Waals surface area contributed by atoms with E-state index in [9.17, 15) is 9.59 Å². The summed E-state index contributed by atoms with van der Waals surface area (Å²) in [5.41, 5.74) is 3.07. The Kier molecular flexibility index (Phi) is 8.76. The van der Waals surface area contributed by atoms with E-state index in [1.807, 2.05) is 52.8 Å². The minimum atomic E-state index is -0.681. The zero-order chi connectivity index (χ0) is 28.1. The summed E-state index contributed by atoms with van der Waals surface area (Å²) in [5.74, 6) is 0.560. The van der Waals surface area contributed by atoms with Gasteiger partial charge in [-0.15, -0.1) is 0 Å². The van der Waals surface area contributed by atoms with Crippen molar-refractivity contribution in [2.75, 3.05) is 34.0 Å². The van der Waals surface area contributed by atoms with Crippen LogP contribution in [0, 0.1) is 0 Å². The number of amidine groups is 1. The number of benzene rings is 2. The Morgan fingerprint density at radius 2 is 1.98 bits per heavy atom. The van der Waals surface area contributed by atoms with Gasteiger partial charge in [0.05, 0.1) is 50.7 Å². The molecule has 5 rings (SSSR count). The van der Waals surface area contributed by atoms with Gasteiger partial charge in [0, 0.05) is 30.0 Å². The molecule has 0 spiro atoms. The molecule has 2 atom stereocenters. The van der Waals surface area contributed by atoms with Gasteiger partial charge in [-0.2, -0.15) is 0 Å². The first-order valence-corrected chi connectivity index (χ1v) is 14.2. The van der Waals surface area contributed by atoms with Crippen molar-refractivity contribution in [2.24, 2.45) is 4.99 Å². The summed E-state index contributed by atoms with van der Waals surface area (Å²) < 4.78 is 22.6. The van der Waals surface area contributed by atoms with E-state index >= 15 is 0 Å². The van der Waals surface area contributed by atoms with Crippen LogP contribution in [0.5, 0.6) is 11.5 Å². The van der Waals surface area contributed by atoms with Gasteiger partial charge in [-0.3, -0.25) is 4.79 Å². The van der Waals surface area contributed by atoms with Crippen LogP contribution in [0.3, 0.4) is 0 Å². The lowest BCUT2D eigenvalue weighted by Crippen LogP contribution is -2.39. The summed E-state index contributed by atoms with van der Waals surface area (Å²) in [6.07, 6.45) is 2.10. The van der Waals surface area contributed by atoms with Gasteiger partial charge in [0.2, 0.25) is 5.91 Å². The number of fused-ring (bicyclic) bond motifs is 1. The molecule has 2 aromatic carbocycles. The third kappa shape index (κ3) is 5.73. The summed E-state index contributed by atoms with van der Waals surface area (Å²) in [6.45, 7) is 3.17. The summed E-state index contributed by atoms with van der Waals surface area (Å²) in [7, 11) is 3.18. The van der Waals surface area contributed by atoms with Crippen molar-refractivity contribution >= 4 is 34.5 Å². The zero-order valence-electron chi connectivity index (χ0n) is 22.8. The molecule has 10 heteroatoms. The highest BCUT2D eigenvalue weighted by Gasteiger charge is 2.43. The first-order chi connectivity index (χ1) is 19.5. The third-order valence-electron chi connectivity index (χ3n) is 6.98. The van der Waals surface area contributed by atoms with Crippen LogP contribution >= 0.6 is 11.8 Å². The van der Waals surface area contributed by atoms with Crippen molar-refractivity contribution in [3.05, 3.63) is 76.3 Å². The molecule has 0 saturated carbocycles. The Hall–Kier alpha value is -3.76. The smallest absolute Gasteiger partial charge is 0.338 e. The molecule has 1 saturated heterocycles. The average Bonchev–Trinajstić information content (AvgIpc) is 3.65. The van der Waals surface area contributed by atoms with Crippen molar-refractivity contribution in [1.82, 2.24) is 10.2 Å². The minimum absolute atomic E-state index is 0.0450. The molecular weight excluding hydrogens is 530 g/mol. The van der Waals surface area contributed by atoms with E-state index in [0.717, 1.165) is 30.7 Å². The van der Waals surface area contributed by atoms with Gasteiger partial charge >= 0.3 is 5.97 Å². The number of methoxy groups -OCH3 is 2. The number of amides is 1. The lowest BCUT2D eigenvalue weighted by molar-refractivity contribution is -0.139. The molecule has 1 N–H and O–H groups in total. The number of rotatable bonds is 10. The van der Waals surface area contributed by atoms with E-state index < -0.39 is 12.0 Å². The van der Waals surface area contributed by atoms with E-state index in [-0.39, 0.29) is 25.0 Å². The van der Waals surface area contributed by atoms with Gasteiger partial charge in [-0.25, -0.2) is 9.79 Å². The number of carbonyl (C=O) groups excluding carboxylic acids is 2. The van der Waals surface area contributed by atoms with Gasteiger partial charge in [0.15, 0.2) is 5.17 Å². The topological polar surface area (TPSA) is 98.7 Å². The van der Waals surface area contributed by atoms with Gasteiger partial charge in [-0.05, 0) is 43.4 Å². The van der Waals surface area contributed by atoms with E-state index in [1.165, 1.54) is 11.8 Å². The maximum atomic E-state index is 13.7. The second-order valence-corrected chi connectivity index (χ2v) is 10.3. The summed E-state index contributed by atoms with van der Waals surface area (Å²) in [5, 5.41) is 5.58. The number of hydrogen-bond donors (Lipinski definition) is 1. The lowest BCUT2D eigenvalue weighted by atomic mass is 9.90. The van der Waals surface area contributed by atoms with E-state index in [1.54, 1.807) is 27.2 Å². The zero-order valence-corrected chi connectivity index (χ0v) is 23.7. The molecule has 9 nitrogen and oxygen atoms in total. The van der Waals surface area contributed by atoms with Gasteiger partial charge < -0.3 is 29.2 Å². The molecule has 3 aliphatic heterocycles. The van der Waals surface area contributed by atoms with Crippen LogP contribution in [0.15, 0.2) is 70.2 Å². The minimum Gasteiger partial charge on any atom is -0.497 e. The van der Waals surface area contributed by atoms with Crippen LogP contribution in [-0.2, 0) is 19.1 Å². The Labute approximate surface area is 238 Å². The van der Waals surface area contributed by atoms with Crippen LogP contribution in [0.1, 0.15) is 43.4 Å². The molecule has 3 aliphatic rings. The highest BCUT2D eigenvalue weighted by Crippen LogP contribution is 2.49. The number of aliphatic imine (C=N–C) groups is 1. The fourth-order valence-electron chi connectivity index (χ4n) is 5.10. The second kappa shape index (κ2) is 12.6. The molecule has 0 bridgehead atoms. The second-order valence-electron chi connectivity index (χ2n) is 9.47. The maximum absolute atomic E-state index is 13.7. The van der Waals surface area contributed by atoms with Crippen LogP contribution in [0.4, 0.5) is 0 Å². The van der Waals surface area contributed by atoms with Crippen molar-refractivity contribution in [3.63, 3.8) is 0 Å². The van der Waals surface area contributed by atoms with Gasteiger partial charge in [-0.1, -0.05) is 42.1 Å². The van der Waals surface area contributed by atoms with Crippen LogP contribution < -0.4 is 14.8 Å². The summed E-state index contributed by atoms with van der Waals surface area (Å²) in [6, 6.07) is 14.3. The van der Waals surface area contributed by atoms with Crippen LogP contribution in [0.2, 0.25) is 0 Å². The van der Waals surface area contributed by atoms with E-state index in [2.05, 4.69) is 5.32 Å². The lowest BCUT2D eigenvalue weighted by Gasteiger charge is -2.37. The molecular formula is C30H33N3O6S. The molecule has 0 unspecified atom stereocenters. The molecule has 1 fully saturated rings.